The first-order valence-electron chi connectivity index (χ1n) is 8.66. The van der Waals surface area contributed by atoms with Crippen molar-refractivity contribution < 1.29 is 13.6 Å². The molecule has 28 heavy (non-hydrogen) atoms. The number of aromatic nitrogens is 3. The first kappa shape index (κ1) is 18.5. The highest BCUT2D eigenvalue weighted by atomic mass is 79.9. The molecule has 2 aromatic carbocycles. The molecule has 1 aliphatic heterocycles. The number of anilines is 1. The van der Waals surface area contributed by atoms with Crippen LogP contribution in [-0.4, -0.2) is 32.2 Å². The third kappa shape index (κ3) is 3.75. The van der Waals surface area contributed by atoms with Gasteiger partial charge in [-0.2, -0.15) is 0 Å². The van der Waals surface area contributed by atoms with Crippen molar-refractivity contribution in [3.8, 4) is 0 Å². The monoisotopic (exact) mass is 447 g/mol. The number of hydrogen-bond acceptors (Lipinski definition) is 3. The summed E-state index contributed by atoms with van der Waals surface area (Å²) in [6.45, 7) is 1.25. The summed E-state index contributed by atoms with van der Waals surface area (Å²) in [6, 6.07) is 11.2. The van der Waals surface area contributed by atoms with E-state index in [9.17, 15) is 13.6 Å². The zero-order valence-corrected chi connectivity index (χ0v) is 16.3. The maximum Gasteiger partial charge on any atom is 0.322 e. The molecular weight excluding hydrogens is 432 g/mol. The van der Waals surface area contributed by atoms with Gasteiger partial charge in [0.05, 0.1) is 6.54 Å². The Morgan fingerprint density at radius 3 is 2.68 bits per heavy atom. The second-order valence-electron chi connectivity index (χ2n) is 6.43. The molecule has 1 aromatic heterocycles. The molecule has 0 bridgehead atoms. The number of urea groups is 1. The molecule has 1 N–H and O–H groups in total. The molecule has 4 rings (SSSR count). The maximum absolute atomic E-state index is 13.9. The van der Waals surface area contributed by atoms with Crippen molar-refractivity contribution in [1.29, 1.82) is 0 Å². The van der Waals surface area contributed by atoms with Crippen LogP contribution in [-0.2, 0) is 19.5 Å². The first-order chi connectivity index (χ1) is 13.5. The Kier molecular flexibility index (Phi) is 5.08. The zero-order chi connectivity index (χ0) is 19.7. The van der Waals surface area contributed by atoms with Crippen LogP contribution in [0.25, 0.3) is 0 Å². The second kappa shape index (κ2) is 7.67. The number of fused-ring (bicyclic) bond motifs is 1. The first-order valence-corrected chi connectivity index (χ1v) is 9.46. The van der Waals surface area contributed by atoms with E-state index in [1.165, 1.54) is 12.1 Å². The van der Waals surface area contributed by atoms with Crippen LogP contribution in [0.4, 0.5) is 19.3 Å². The molecule has 0 spiro atoms. The van der Waals surface area contributed by atoms with Gasteiger partial charge in [-0.1, -0.05) is 28.1 Å². The van der Waals surface area contributed by atoms with Crippen LogP contribution in [0.3, 0.4) is 0 Å². The maximum atomic E-state index is 13.9. The lowest BCUT2D eigenvalue weighted by molar-refractivity contribution is 0.195. The summed E-state index contributed by atoms with van der Waals surface area (Å²) in [4.78, 5) is 14.1. The molecule has 0 aliphatic carbocycles. The Bertz CT molecular complexity index is 1020. The van der Waals surface area contributed by atoms with E-state index in [1.54, 1.807) is 17.0 Å². The molecule has 1 aliphatic rings. The molecule has 6 nitrogen and oxygen atoms in total. The van der Waals surface area contributed by atoms with E-state index in [0.717, 1.165) is 10.5 Å². The summed E-state index contributed by atoms with van der Waals surface area (Å²) in [6.07, 6.45) is 0.141. The minimum Gasteiger partial charge on any atom is -0.315 e. The molecule has 0 atom stereocenters. The number of rotatable bonds is 3. The molecule has 0 fully saturated rings. The van der Waals surface area contributed by atoms with Gasteiger partial charge in [-0.3, -0.25) is 0 Å². The normalized spacial score (nSPS) is 13.3. The molecule has 9 heteroatoms. The Morgan fingerprint density at radius 2 is 1.89 bits per heavy atom. The molecule has 0 unspecified atom stereocenters. The van der Waals surface area contributed by atoms with Crippen LogP contribution >= 0.6 is 15.9 Å². The van der Waals surface area contributed by atoms with E-state index in [0.29, 0.717) is 37.0 Å². The van der Waals surface area contributed by atoms with Gasteiger partial charge >= 0.3 is 6.03 Å². The Labute approximate surface area is 168 Å². The van der Waals surface area contributed by atoms with Crippen molar-refractivity contribution in [2.45, 2.75) is 19.5 Å². The summed E-state index contributed by atoms with van der Waals surface area (Å²) in [5, 5.41) is 11.1. The van der Waals surface area contributed by atoms with Crippen molar-refractivity contribution in [2.24, 2.45) is 0 Å². The van der Waals surface area contributed by atoms with E-state index >= 15 is 0 Å². The molecular formula is C19H16BrF2N5O. The van der Waals surface area contributed by atoms with E-state index in [2.05, 4.69) is 31.4 Å². The van der Waals surface area contributed by atoms with Crippen LogP contribution in [0, 0.1) is 11.6 Å². The fourth-order valence-electron chi connectivity index (χ4n) is 3.11. The van der Waals surface area contributed by atoms with Gasteiger partial charge in [-0.25, -0.2) is 13.6 Å². The van der Waals surface area contributed by atoms with Crippen LogP contribution in [0.5, 0.6) is 0 Å². The van der Waals surface area contributed by atoms with Crippen molar-refractivity contribution in [2.75, 3.05) is 11.9 Å². The van der Waals surface area contributed by atoms with Crippen molar-refractivity contribution in [3.05, 3.63) is 75.8 Å². The smallest absolute Gasteiger partial charge is 0.315 e. The number of amides is 2. The zero-order valence-electron chi connectivity index (χ0n) is 14.7. The van der Waals surface area contributed by atoms with Gasteiger partial charge < -0.3 is 14.8 Å². The third-order valence-corrected chi connectivity index (χ3v) is 5.12. The van der Waals surface area contributed by atoms with E-state index < -0.39 is 11.6 Å². The average Bonchev–Trinajstić information content (AvgIpc) is 3.09. The second-order valence-corrected chi connectivity index (χ2v) is 7.35. The standard InChI is InChI=1S/C19H16BrF2N5O/c20-13-4-6-14(7-5-13)23-19(28)26-8-9-27-16(24-25-17(27)11-26)10-12-2-1-3-15(21)18(12)22/h1-7H,8-11H2,(H,23,28). The average molecular weight is 448 g/mol. The molecule has 2 heterocycles. The largest absolute Gasteiger partial charge is 0.322 e. The third-order valence-electron chi connectivity index (χ3n) is 4.59. The van der Waals surface area contributed by atoms with Gasteiger partial charge in [0.15, 0.2) is 17.5 Å². The number of nitrogens with one attached hydrogen (secondary N) is 1. The number of hydrogen-bond donors (Lipinski definition) is 1. The molecule has 2 amide bonds. The van der Waals surface area contributed by atoms with Crippen molar-refractivity contribution >= 4 is 27.6 Å². The van der Waals surface area contributed by atoms with Gasteiger partial charge in [-0.05, 0) is 35.9 Å². The van der Waals surface area contributed by atoms with E-state index in [4.69, 9.17) is 0 Å². The minimum atomic E-state index is -0.883. The topological polar surface area (TPSA) is 63.1 Å². The molecule has 144 valence electrons. The quantitative estimate of drug-likeness (QED) is 0.660. The van der Waals surface area contributed by atoms with Gasteiger partial charge in [0.1, 0.15) is 5.82 Å². The van der Waals surface area contributed by atoms with Crippen LogP contribution < -0.4 is 5.32 Å². The lowest BCUT2D eigenvalue weighted by Gasteiger charge is -2.28. The minimum absolute atomic E-state index is 0.141. The summed E-state index contributed by atoms with van der Waals surface area (Å²) in [5.74, 6) is -0.589. The Hall–Kier alpha value is -2.81. The molecule has 0 saturated carbocycles. The summed E-state index contributed by atoms with van der Waals surface area (Å²) >= 11 is 3.36. The highest BCUT2D eigenvalue weighted by Gasteiger charge is 2.25. The Morgan fingerprint density at radius 1 is 1.11 bits per heavy atom. The number of nitrogens with zero attached hydrogens (tertiary/aromatic N) is 4. The molecule has 3 aromatic rings. The van der Waals surface area contributed by atoms with Gasteiger partial charge in [0.25, 0.3) is 0 Å². The molecule has 0 radical (unpaired) electrons. The lowest BCUT2D eigenvalue weighted by Crippen LogP contribution is -2.41. The number of carbonyl (C=O) groups is 1. The van der Waals surface area contributed by atoms with Gasteiger partial charge in [-0.15, -0.1) is 10.2 Å². The predicted octanol–water partition coefficient (Wildman–Crippen LogP) is 3.96. The van der Waals surface area contributed by atoms with Crippen LogP contribution in [0.15, 0.2) is 46.9 Å². The van der Waals surface area contributed by atoms with Crippen molar-refractivity contribution in [1.82, 2.24) is 19.7 Å². The number of carbonyl (C=O) groups excluding carboxylic acids is 1. The fraction of sp³-hybridized carbons (Fsp3) is 0.211. The van der Waals surface area contributed by atoms with Crippen LogP contribution in [0.2, 0.25) is 0 Å². The van der Waals surface area contributed by atoms with Gasteiger partial charge in [0.2, 0.25) is 0 Å². The lowest BCUT2D eigenvalue weighted by atomic mass is 10.1. The fourth-order valence-corrected chi connectivity index (χ4v) is 3.38. The highest BCUT2D eigenvalue weighted by molar-refractivity contribution is 9.10. The highest BCUT2D eigenvalue weighted by Crippen LogP contribution is 2.20. The predicted molar refractivity (Wildman–Crippen MR) is 103 cm³/mol. The summed E-state index contributed by atoms with van der Waals surface area (Å²) in [5.41, 5.74) is 0.924. The van der Waals surface area contributed by atoms with E-state index in [-0.39, 0.29) is 18.0 Å². The molecule has 0 saturated heterocycles. The van der Waals surface area contributed by atoms with Crippen LogP contribution in [0.1, 0.15) is 17.2 Å². The summed E-state index contributed by atoms with van der Waals surface area (Å²) < 4.78 is 30.1. The number of halogens is 3. The van der Waals surface area contributed by atoms with E-state index in [1.807, 2.05) is 16.7 Å². The van der Waals surface area contributed by atoms with Crippen molar-refractivity contribution in [3.63, 3.8) is 0 Å². The Balaban J connectivity index is 1.46. The SMILES string of the molecule is O=C(Nc1ccc(Br)cc1)N1CCn2c(Cc3cccc(F)c3F)nnc2C1. The summed E-state index contributed by atoms with van der Waals surface area (Å²) in [7, 11) is 0. The van der Waals surface area contributed by atoms with Gasteiger partial charge in [0, 0.05) is 29.7 Å². The number of benzene rings is 2.